The molecule has 4 nitrogen and oxygen atoms in total. The molecule has 2 heterocycles. The molecule has 0 aliphatic rings. The molecular weight excluding hydrogens is 345 g/mol. The number of halogens is 3. The van der Waals surface area contributed by atoms with E-state index < -0.39 is 12.2 Å². The van der Waals surface area contributed by atoms with Gasteiger partial charge in [0.1, 0.15) is 5.76 Å². The average molecular weight is 362 g/mol. The minimum Gasteiger partial charge on any atom is -0.493 e. The Kier molecular flexibility index (Phi) is 6.54. The van der Waals surface area contributed by atoms with Crippen molar-refractivity contribution in [2.45, 2.75) is 13.3 Å². The lowest BCUT2D eigenvalue weighted by Gasteiger charge is -2.13. The predicted molar refractivity (Wildman–Crippen MR) is 92.6 cm³/mol. The van der Waals surface area contributed by atoms with E-state index >= 15 is 0 Å². The Balaban J connectivity index is 2.44. The van der Waals surface area contributed by atoms with Crippen LogP contribution in [0.5, 0.6) is 11.6 Å². The van der Waals surface area contributed by atoms with Gasteiger partial charge in [-0.2, -0.15) is 0 Å². The van der Waals surface area contributed by atoms with E-state index in [0.717, 1.165) is 6.20 Å². The lowest BCUT2D eigenvalue weighted by molar-refractivity contribution is 0.190. The highest BCUT2D eigenvalue weighted by Gasteiger charge is 2.17. The van der Waals surface area contributed by atoms with Crippen molar-refractivity contribution in [3.63, 3.8) is 0 Å². The lowest BCUT2D eigenvalue weighted by atomic mass is 10.1. The van der Waals surface area contributed by atoms with Gasteiger partial charge in [-0.05, 0) is 36.8 Å². The van der Waals surface area contributed by atoms with Crippen LogP contribution in [0, 0.1) is 5.82 Å². The van der Waals surface area contributed by atoms with Gasteiger partial charge in [-0.1, -0.05) is 12.7 Å². The number of ether oxygens (including phenoxy) is 2. The van der Waals surface area contributed by atoms with Crippen molar-refractivity contribution in [1.29, 1.82) is 0 Å². The number of pyridine rings is 2. The maximum atomic E-state index is 13.9. The number of hydrogen-bond donors (Lipinski definition) is 0. The number of hydrogen-bond acceptors (Lipinski definition) is 4. The first-order chi connectivity index (χ1) is 12.5. The number of rotatable bonds is 7. The highest BCUT2D eigenvalue weighted by molar-refractivity contribution is 5.73. The third kappa shape index (κ3) is 4.50. The van der Waals surface area contributed by atoms with Gasteiger partial charge in [-0.3, -0.25) is 4.98 Å². The summed E-state index contributed by atoms with van der Waals surface area (Å²) in [4.78, 5) is 7.95. The lowest BCUT2D eigenvalue weighted by Crippen LogP contribution is -1.99. The second-order valence-electron chi connectivity index (χ2n) is 5.14. The molecule has 0 radical (unpaired) electrons. The molecule has 0 aliphatic heterocycles. The largest absolute Gasteiger partial charge is 0.493 e. The summed E-state index contributed by atoms with van der Waals surface area (Å²) < 4.78 is 49.8. The Morgan fingerprint density at radius 1 is 1.23 bits per heavy atom. The van der Waals surface area contributed by atoms with Crippen molar-refractivity contribution >= 4 is 0 Å². The summed E-state index contributed by atoms with van der Waals surface area (Å²) in [6.45, 7) is 4.90. The maximum Gasteiger partial charge on any atom is 0.259 e. The average Bonchev–Trinajstić information content (AvgIpc) is 2.64. The van der Waals surface area contributed by atoms with E-state index in [0.29, 0.717) is 11.1 Å². The van der Waals surface area contributed by atoms with Crippen LogP contribution >= 0.6 is 0 Å². The van der Waals surface area contributed by atoms with Crippen molar-refractivity contribution in [3.05, 3.63) is 72.7 Å². The summed E-state index contributed by atoms with van der Waals surface area (Å²) in [5.74, 6) is -0.300. The van der Waals surface area contributed by atoms with Crippen LogP contribution in [-0.4, -0.2) is 23.5 Å². The van der Waals surface area contributed by atoms with E-state index in [-0.39, 0.29) is 23.0 Å². The van der Waals surface area contributed by atoms with Gasteiger partial charge < -0.3 is 9.47 Å². The fraction of sp³-hybridized carbons (Fsp3) is 0.158. The Morgan fingerprint density at radius 2 is 2.00 bits per heavy atom. The monoisotopic (exact) mass is 362 g/mol. The van der Waals surface area contributed by atoms with Gasteiger partial charge in [0.2, 0.25) is 5.88 Å². The van der Waals surface area contributed by atoms with Crippen LogP contribution in [-0.2, 0) is 0 Å². The normalized spacial score (nSPS) is 12.2. The van der Waals surface area contributed by atoms with Crippen molar-refractivity contribution < 1.29 is 22.6 Å². The first-order valence-electron chi connectivity index (χ1n) is 7.57. The summed E-state index contributed by atoms with van der Waals surface area (Å²) in [5.41, 5.74) is 0.655. The van der Waals surface area contributed by atoms with Crippen LogP contribution in [0.4, 0.5) is 13.2 Å². The van der Waals surface area contributed by atoms with Crippen LogP contribution in [0.15, 0.2) is 66.9 Å². The Labute approximate surface area is 149 Å². The quantitative estimate of drug-likeness (QED) is 0.516. The molecule has 0 saturated carbocycles. The third-order valence-corrected chi connectivity index (χ3v) is 3.39. The zero-order valence-electron chi connectivity index (χ0n) is 14.2. The first kappa shape index (κ1) is 19.2. The van der Waals surface area contributed by atoms with Crippen LogP contribution in [0.3, 0.4) is 0 Å². The summed E-state index contributed by atoms with van der Waals surface area (Å²) in [5, 5.41) is 0. The SMILES string of the molecule is C=C/C(=C\C=C(/C)C(F)F)Oc1ncccc1-c1cncc(F)c1OC. The highest BCUT2D eigenvalue weighted by Crippen LogP contribution is 2.36. The number of allylic oxidation sites excluding steroid dienone is 4. The smallest absolute Gasteiger partial charge is 0.259 e. The van der Waals surface area contributed by atoms with Gasteiger partial charge in [0.25, 0.3) is 6.43 Å². The standard InChI is InChI=1S/C19H17F3N2O2/c1-4-13(8-7-12(2)18(21)22)26-19-14(6-5-9-24-19)15-10-23-11-16(20)17(15)25-3/h4-11,18H,1H2,2-3H3/b12-7+,13-8+. The van der Waals surface area contributed by atoms with E-state index in [1.807, 2.05) is 0 Å². The Bertz CT molecular complexity index is 848. The van der Waals surface area contributed by atoms with Crippen LogP contribution in [0.1, 0.15) is 6.92 Å². The van der Waals surface area contributed by atoms with Crippen LogP contribution < -0.4 is 9.47 Å². The van der Waals surface area contributed by atoms with E-state index in [9.17, 15) is 13.2 Å². The Morgan fingerprint density at radius 3 is 2.65 bits per heavy atom. The van der Waals surface area contributed by atoms with Crippen LogP contribution in [0.2, 0.25) is 0 Å². The fourth-order valence-corrected chi connectivity index (χ4v) is 2.04. The molecule has 2 aromatic heterocycles. The predicted octanol–water partition coefficient (Wildman–Crippen LogP) is 4.95. The van der Waals surface area contributed by atoms with E-state index in [1.165, 1.54) is 44.7 Å². The van der Waals surface area contributed by atoms with Crippen molar-refractivity contribution in [2.75, 3.05) is 7.11 Å². The number of aromatic nitrogens is 2. The first-order valence-corrected chi connectivity index (χ1v) is 7.57. The van der Waals surface area contributed by atoms with Gasteiger partial charge in [-0.15, -0.1) is 0 Å². The van der Waals surface area contributed by atoms with Crippen molar-refractivity contribution in [2.24, 2.45) is 0 Å². The molecule has 0 saturated heterocycles. The van der Waals surface area contributed by atoms with Gasteiger partial charge >= 0.3 is 0 Å². The van der Waals surface area contributed by atoms with Crippen molar-refractivity contribution in [3.8, 4) is 22.8 Å². The Hall–Kier alpha value is -3.09. The third-order valence-electron chi connectivity index (χ3n) is 3.39. The summed E-state index contributed by atoms with van der Waals surface area (Å²) >= 11 is 0. The number of nitrogens with zero attached hydrogens (tertiary/aromatic N) is 2. The van der Waals surface area contributed by atoms with Gasteiger partial charge in [0.05, 0.1) is 18.9 Å². The van der Waals surface area contributed by atoms with Gasteiger partial charge in [-0.25, -0.2) is 18.2 Å². The number of alkyl halides is 2. The zero-order valence-corrected chi connectivity index (χ0v) is 14.2. The maximum absolute atomic E-state index is 13.9. The fourth-order valence-electron chi connectivity index (χ4n) is 2.04. The second-order valence-corrected chi connectivity index (χ2v) is 5.14. The molecule has 0 spiro atoms. The highest BCUT2D eigenvalue weighted by atomic mass is 19.3. The number of methoxy groups -OCH3 is 1. The van der Waals surface area contributed by atoms with Crippen molar-refractivity contribution in [1.82, 2.24) is 9.97 Å². The molecule has 0 fully saturated rings. The molecule has 0 atom stereocenters. The minimum atomic E-state index is -2.56. The summed E-state index contributed by atoms with van der Waals surface area (Å²) in [7, 11) is 1.34. The topological polar surface area (TPSA) is 44.2 Å². The van der Waals surface area contributed by atoms with E-state index in [2.05, 4.69) is 16.5 Å². The molecule has 0 bridgehead atoms. The second kappa shape index (κ2) is 8.84. The molecule has 0 N–H and O–H groups in total. The molecule has 0 amide bonds. The summed E-state index contributed by atoms with van der Waals surface area (Å²) in [6.07, 6.45) is 5.32. The van der Waals surface area contributed by atoms with Gasteiger partial charge in [0.15, 0.2) is 11.6 Å². The van der Waals surface area contributed by atoms with E-state index in [1.54, 1.807) is 12.1 Å². The van der Waals surface area contributed by atoms with Crippen LogP contribution in [0.25, 0.3) is 11.1 Å². The summed E-state index contributed by atoms with van der Waals surface area (Å²) in [6, 6.07) is 3.30. The molecule has 0 aliphatic carbocycles. The minimum absolute atomic E-state index is 0.00424. The molecule has 26 heavy (non-hydrogen) atoms. The molecule has 2 rings (SSSR count). The molecule has 2 aromatic rings. The molecule has 0 unspecified atom stereocenters. The molecular formula is C19H17F3N2O2. The molecule has 7 heteroatoms. The van der Waals surface area contributed by atoms with E-state index in [4.69, 9.17) is 9.47 Å². The van der Waals surface area contributed by atoms with Gasteiger partial charge in [0, 0.05) is 18.0 Å². The molecule has 0 aromatic carbocycles. The molecule has 136 valence electrons. The zero-order chi connectivity index (χ0) is 19.1.